The third-order valence-electron chi connectivity index (χ3n) is 6.44. The molecule has 1 atom stereocenters. The van der Waals surface area contributed by atoms with E-state index in [9.17, 15) is 19.5 Å². The first-order chi connectivity index (χ1) is 15.8. The summed E-state index contributed by atoms with van der Waals surface area (Å²) in [5, 5.41) is 10.3. The van der Waals surface area contributed by atoms with Crippen LogP contribution in [0.25, 0.3) is 5.76 Å². The summed E-state index contributed by atoms with van der Waals surface area (Å²) >= 11 is 0. The number of hydrogen-bond acceptors (Lipinski definition) is 6. The molecule has 0 bridgehead atoms. The van der Waals surface area contributed by atoms with Crippen LogP contribution in [0.5, 0.6) is 5.75 Å². The summed E-state index contributed by atoms with van der Waals surface area (Å²) in [7, 11) is 0. The summed E-state index contributed by atoms with van der Waals surface area (Å²) < 4.78 is 11.3. The number of ketones is 2. The monoisotopic (exact) mass is 448 g/mol. The molecule has 1 N–H and O–H groups in total. The van der Waals surface area contributed by atoms with Crippen molar-refractivity contribution in [1.82, 2.24) is 0 Å². The summed E-state index contributed by atoms with van der Waals surface area (Å²) in [6.45, 7) is 5.49. The maximum atomic E-state index is 13.0. The molecule has 1 aliphatic carbocycles. The lowest BCUT2D eigenvalue weighted by molar-refractivity contribution is -0.152. The SMILES string of the molecule is CCCCCCCC(=O)C1=C2C3=COC(c4c(C)cccc4O)=CC3=CC(=O)C2(C)OC1=O. The molecule has 6 heteroatoms. The van der Waals surface area contributed by atoms with Crippen molar-refractivity contribution in [3.05, 3.63) is 70.0 Å². The van der Waals surface area contributed by atoms with Gasteiger partial charge < -0.3 is 14.6 Å². The van der Waals surface area contributed by atoms with E-state index in [1.807, 2.05) is 13.0 Å². The van der Waals surface area contributed by atoms with Gasteiger partial charge in [0.2, 0.25) is 5.78 Å². The average Bonchev–Trinajstić information content (AvgIpc) is 3.05. The fourth-order valence-corrected chi connectivity index (χ4v) is 4.61. The Morgan fingerprint density at radius 3 is 2.58 bits per heavy atom. The number of fused-ring (bicyclic) bond motifs is 3. The molecule has 0 fully saturated rings. The number of allylic oxidation sites excluding steroid dienone is 2. The van der Waals surface area contributed by atoms with Crippen molar-refractivity contribution in [2.45, 2.75) is 64.9 Å². The molecular weight excluding hydrogens is 420 g/mol. The Labute approximate surface area is 193 Å². The number of phenols is 1. The number of ether oxygens (including phenoxy) is 2. The number of carbonyl (C=O) groups is 3. The Morgan fingerprint density at radius 2 is 1.85 bits per heavy atom. The van der Waals surface area contributed by atoms with Gasteiger partial charge in [0.15, 0.2) is 11.4 Å². The lowest BCUT2D eigenvalue weighted by Gasteiger charge is -2.31. The summed E-state index contributed by atoms with van der Waals surface area (Å²) in [5.74, 6) is -1.04. The van der Waals surface area contributed by atoms with Crippen molar-refractivity contribution >= 4 is 23.3 Å². The van der Waals surface area contributed by atoms with Gasteiger partial charge in [-0.3, -0.25) is 9.59 Å². The zero-order chi connectivity index (χ0) is 23.8. The van der Waals surface area contributed by atoms with Crippen LogP contribution in [-0.4, -0.2) is 28.2 Å². The van der Waals surface area contributed by atoms with Crippen LogP contribution in [0.15, 0.2) is 58.9 Å². The van der Waals surface area contributed by atoms with Gasteiger partial charge in [-0.1, -0.05) is 44.7 Å². The van der Waals surface area contributed by atoms with Crippen LogP contribution in [0, 0.1) is 6.92 Å². The fraction of sp³-hybridized carbons (Fsp3) is 0.370. The first-order valence-corrected chi connectivity index (χ1v) is 11.4. The number of esters is 1. The molecule has 3 aliphatic rings. The van der Waals surface area contributed by atoms with Crippen molar-refractivity contribution in [3.63, 3.8) is 0 Å². The Hall–Kier alpha value is -3.41. The maximum Gasteiger partial charge on any atom is 0.343 e. The third-order valence-corrected chi connectivity index (χ3v) is 6.44. The molecule has 0 saturated carbocycles. The highest BCUT2D eigenvalue weighted by atomic mass is 16.6. The quantitative estimate of drug-likeness (QED) is 0.342. The van der Waals surface area contributed by atoms with Gasteiger partial charge in [0.1, 0.15) is 17.1 Å². The third kappa shape index (κ3) is 3.94. The smallest absolute Gasteiger partial charge is 0.343 e. The minimum atomic E-state index is -1.54. The van der Waals surface area contributed by atoms with Crippen LogP contribution in [0.3, 0.4) is 0 Å². The van der Waals surface area contributed by atoms with Crippen molar-refractivity contribution in [2.75, 3.05) is 0 Å². The lowest BCUT2D eigenvalue weighted by Crippen LogP contribution is -2.40. The molecule has 1 aromatic rings. The van der Waals surface area contributed by atoms with Gasteiger partial charge in [-0.25, -0.2) is 4.79 Å². The maximum absolute atomic E-state index is 13.0. The van der Waals surface area contributed by atoms with E-state index in [2.05, 4.69) is 6.92 Å². The van der Waals surface area contributed by atoms with Gasteiger partial charge in [-0.15, -0.1) is 0 Å². The van der Waals surface area contributed by atoms with Crippen molar-refractivity contribution in [2.24, 2.45) is 0 Å². The highest BCUT2D eigenvalue weighted by Crippen LogP contribution is 2.47. The first kappa shape index (κ1) is 22.8. The van der Waals surface area contributed by atoms with Gasteiger partial charge >= 0.3 is 5.97 Å². The van der Waals surface area contributed by atoms with E-state index < -0.39 is 17.4 Å². The number of phenolic OH excluding ortho intramolecular Hbond substituents is 1. The number of hydrogen-bond donors (Lipinski definition) is 1. The van der Waals surface area contributed by atoms with E-state index >= 15 is 0 Å². The second-order valence-corrected chi connectivity index (χ2v) is 8.85. The average molecular weight is 449 g/mol. The van der Waals surface area contributed by atoms with Gasteiger partial charge in [-0.2, -0.15) is 0 Å². The molecule has 1 aromatic carbocycles. The van der Waals surface area contributed by atoms with Crippen LogP contribution < -0.4 is 0 Å². The van der Waals surface area contributed by atoms with Crippen molar-refractivity contribution in [3.8, 4) is 5.75 Å². The van der Waals surface area contributed by atoms with Crippen LogP contribution in [0.1, 0.15) is 63.5 Å². The topological polar surface area (TPSA) is 89.9 Å². The van der Waals surface area contributed by atoms with Crippen LogP contribution >= 0.6 is 0 Å². The van der Waals surface area contributed by atoms with Gasteiger partial charge in [-0.05, 0) is 49.6 Å². The minimum Gasteiger partial charge on any atom is -0.507 e. The first-order valence-electron chi connectivity index (χ1n) is 11.4. The molecule has 0 radical (unpaired) electrons. The summed E-state index contributed by atoms with van der Waals surface area (Å²) in [6.07, 6.45) is 9.57. The standard InChI is InChI=1S/C27H28O6/c1-4-5-6-7-8-11-20(29)24-25-18-15-32-21(23-16(2)10-9-12-19(23)28)13-17(18)14-22(30)27(25,3)33-26(24)31/h9-10,12-15,28H,4-8,11H2,1-3H3. The number of Topliss-reactive ketones (excluding diaryl/α,β-unsaturated/α-hetero) is 1. The molecule has 1 unspecified atom stereocenters. The predicted octanol–water partition coefficient (Wildman–Crippen LogP) is 5.01. The number of aryl methyl sites for hydroxylation is 1. The van der Waals surface area contributed by atoms with Crippen LogP contribution in [0.2, 0.25) is 0 Å². The molecule has 0 spiro atoms. The molecule has 0 aromatic heterocycles. The summed E-state index contributed by atoms with van der Waals surface area (Å²) in [6, 6.07) is 5.14. The number of rotatable bonds is 8. The van der Waals surface area contributed by atoms with Gasteiger partial charge in [0.25, 0.3) is 0 Å². The number of carbonyl (C=O) groups excluding carboxylic acids is 3. The molecule has 4 rings (SSSR count). The molecule has 172 valence electrons. The van der Waals surface area contributed by atoms with Crippen LogP contribution in [0.4, 0.5) is 0 Å². The van der Waals surface area contributed by atoms with E-state index in [0.29, 0.717) is 28.9 Å². The Bertz CT molecular complexity index is 1140. The normalized spacial score (nSPS) is 21.5. The Balaban J connectivity index is 1.70. The summed E-state index contributed by atoms with van der Waals surface area (Å²) in [5.41, 5.74) is 1.00. The fourth-order valence-electron chi connectivity index (χ4n) is 4.61. The van der Waals surface area contributed by atoms with Crippen LogP contribution in [-0.2, 0) is 23.9 Å². The molecule has 0 amide bonds. The lowest BCUT2D eigenvalue weighted by atomic mass is 9.75. The van der Waals surface area contributed by atoms with E-state index in [0.717, 1.165) is 31.2 Å². The number of aromatic hydroxyl groups is 1. The molecule has 33 heavy (non-hydrogen) atoms. The zero-order valence-corrected chi connectivity index (χ0v) is 19.2. The largest absolute Gasteiger partial charge is 0.507 e. The van der Waals surface area contributed by atoms with E-state index in [-0.39, 0.29) is 29.1 Å². The Kier molecular flexibility index (Phi) is 6.11. The van der Waals surface area contributed by atoms with Gasteiger partial charge in [0, 0.05) is 17.6 Å². The number of benzene rings is 1. The molecule has 6 nitrogen and oxygen atoms in total. The second kappa shape index (κ2) is 8.85. The molecular formula is C27H28O6. The highest BCUT2D eigenvalue weighted by molar-refractivity contribution is 6.24. The Morgan fingerprint density at radius 1 is 1.09 bits per heavy atom. The second-order valence-electron chi connectivity index (χ2n) is 8.85. The van der Waals surface area contributed by atoms with Crippen molar-refractivity contribution < 1.29 is 29.0 Å². The molecule has 0 saturated heterocycles. The molecule has 2 heterocycles. The molecule has 2 aliphatic heterocycles. The predicted molar refractivity (Wildman–Crippen MR) is 123 cm³/mol. The van der Waals surface area contributed by atoms with Gasteiger partial charge in [0.05, 0.1) is 11.8 Å². The van der Waals surface area contributed by atoms with E-state index in [4.69, 9.17) is 9.47 Å². The van der Waals surface area contributed by atoms with E-state index in [1.165, 1.54) is 19.3 Å². The van der Waals surface area contributed by atoms with E-state index in [1.54, 1.807) is 18.2 Å². The van der Waals surface area contributed by atoms with Crippen molar-refractivity contribution in [1.29, 1.82) is 0 Å². The highest BCUT2D eigenvalue weighted by Gasteiger charge is 2.54. The summed E-state index contributed by atoms with van der Waals surface area (Å²) in [4.78, 5) is 38.8. The number of unbranched alkanes of at least 4 members (excludes halogenated alkanes) is 4. The zero-order valence-electron chi connectivity index (χ0n) is 19.2. The minimum absolute atomic E-state index is 0.0580.